The molecular formula is C12H17NO3. The SMILES string of the molecule is CNCC(=O)c1c(C)cc(OC)cc1OC. The first-order chi connectivity index (χ1) is 7.63. The summed E-state index contributed by atoms with van der Waals surface area (Å²) in [5.41, 5.74) is 1.47. The number of rotatable bonds is 5. The molecule has 0 heterocycles. The largest absolute Gasteiger partial charge is 0.497 e. The maximum absolute atomic E-state index is 11.9. The van der Waals surface area contributed by atoms with Crippen LogP contribution in [0.5, 0.6) is 11.5 Å². The molecule has 16 heavy (non-hydrogen) atoms. The van der Waals surface area contributed by atoms with E-state index in [9.17, 15) is 4.79 Å². The molecule has 0 bridgehead atoms. The lowest BCUT2D eigenvalue weighted by Crippen LogP contribution is -2.20. The molecule has 0 spiro atoms. The van der Waals surface area contributed by atoms with Crippen molar-refractivity contribution < 1.29 is 14.3 Å². The van der Waals surface area contributed by atoms with Crippen LogP contribution in [0.1, 0.15) is 15.9 Å². The van der Waals surface area contributed by atoms with E-state index in [0.29, 0.717) is 23.6 Å². The molecule has 0 aromatic heterocycles. The molecule has 0 aliphatic carbocycles. The second-order valence-electron chi connectivity index (χ2n) is 3.48. The second kappa shape index (κ2) is 5.51. The third kappa shape index (κ3) is 2.52. The summed E-state index contributed by atoms with van der Waals surface area (Å²) in [6.45, 7) is 2.16. The van der Waals surface area contributed by atoms with Crippen molar-refractivity contribution in [2.75, 3.05) is 27.8 Å². The molecule has 0 saturated heterocycles. The third-order valence-corrected chi connectivity index (χ3v) is 2.34. The Labute approximate surface area is 95.6 Å². The molecule has 1 N–H and O–H groups in total. The monoisotopic (exact) mass is 223 g/mol. The number of carbonyl (C=O) groups excluding carboxylic acids is 1. The van der Waals surface area contributed by atoms with Gasteiger partial charge < -0.3 is 14.8 Å². The van der Waals surface area contributed by atoms with E-state index >= 15 is 0 Å². The second-order valence-corrected chi connectivity index (χ2v) is 3.48. The molecule has 0 atom stereocenters. The minimum atomic E-state index is 0.0134. The summed E-state index contributed by atoms with van der Waals surface area (Å²) in [5.74, 6) is 1.26. The predicted molar refractivity (Wildman–Crippen MR) is 62.5 cm³/mol. The number of aryl methyl sites for hydroxylation is 1. The van der Waals surface area contributed by atoms with Gasteiger partial charge in [-0.25, -0.2) is 0 Å². The maximum Gasteiger partial charge on any atom is 0.180 e. The maximum atomic E-state index is 11.9. The summed E-state index contributed by atoms with van der Waals surface area (Å²) in [6, 6.07) is 3.54. The first-order valence-corrected chi connectivity index (χ1v) is 5.04. The predicted octanol–water partition coefficient (Wildman–Crippen LogP) is 1.41. The number of likely N-dealkylation sites (N-methyl/N-ethyl adjacent to an activating group) is 1. The van der Waals surface area contributed by atoms with Crippen LogP contribution in [0, 0.1) is 6.92 Å². The zero-order valence-corrected chi connectivity index (χ0v) is 10.1. The molecule has 1 aromatic carbocycles. The van der Waals surface area contributed by atoms with Crippen molar-refractivity contribution >= 4 is 5.78 Å². The average Bonchev–Trinajstić information content (AvgIpc) is 2.27. The Morgan fingerprint density at radius 3 is 2.50 bits per heavy atom. The molecule has 0 fully saturated rings. The average molecular weight is 223 g/mol. The number of benzene rings is 1. The fourth-order valence-electron chi connectivity index (χ4n) is 1.61. The number of nitrogens with one attached hydrogen (secondary N) is 1. The van der Waals surface area contributed by atoms with Crippen molar-refractivity contribution in [2.24, 2.45) is 0 Å². The van der Waals surface area contributed by atoms with Crippen LogP contribution < -0.4 is 14.8 Å². The van der Waals surface area contributed by atoms with Gasteiger partial charge in [-0.1, -0.05) is 0 Å². The molecule has 88 valence electrons. The van der Waals surface area contributed by atoms with Crippen LogP contribution in [0.4, 0.5) is 0 Å². The highest BCUT2D eigenvalue weighted by Gasteiger charge is 2.16. The highest BCUT2D eigenvalue weighted by Crippen LogP contribution is 2.28. The molecule has 0 unspecified atom stereocenters. The van der Waals surface area contributed by atoms with Gasteiger partial charge in [-0.2, -0.15) is 0 Å². The Morgan fingerprint density at radius 1 is 1.31 bits per heavy atom. The summed E-state index contributed by atoms with van der Waals surface area (Å²) >= 11 is 0. The van der Waals surface area contributed by atoms with Crippen molar-refractivity contribution in [3.05, 3.63) is 23.3 Å². The first kappa shape index (κ1) is 12.5. The Bertz CT molecular complexity index is 388. The normalized spacial score (nSPS) is 10.0. The molecule has 0 amide bonds. The van der Waals surface area contributed by atoms with E-state index in [2.05, 4.69) is 5.32 Å². The van der Waals surface area contributed by atoms with Crippen LogP contribution in [0.25, 0.3) is 0 Å². The standard InChI is InChI=1S/C12H17NO3/c1-8-5-9(15-3)6-11(16-4)12(8)10(14)7-13-2/h5-6,13H,7H2,1-4H3. The summed E-state index contributed by atoms with van der Waals surface area (Å²) in [4.78, 5) is 11.9. The van der Waals surface area contributed by atoms with E-state index in [-0.39, 0.29) is 5.78 Å². The molecule has 0 aliphatic heterocycles. The smallest absolute Gasteiger partial charge is 0.180 e. The molecule has 4 heteroatoms. The molecule has 0 radical (unpaired) electrons. The number of ketones is 1. The van der Waals surface area contributed by atoms with E-state index in [1.807, 2.05) is 13.0 Å². The topological polar surface area (TPSA) is 47.6 Å². The molecule has 0 saturated carbocycles. The van der Waals surface area contributed by atoms with Gasteiger partial charge in [-0.15, -0.1) is 0 Å². The van der Waals surface area contributed by atoms with Gasteiger partial charge in [0.05, 0.1) is 26.3 Å². The Morgan fingerprint density at radius 2 is 2.00 bits per heavy atom. The lowest BCUT2D eigenvalue weighted by molar-refractivity contribution is 0.0990. The van der Waals surface area contributed by atoms with Gasteiger partial charge in [0.1, 0.15) is 11.5 Å². The van der Waals surface area contributed by atoms with Gasteiger partial charge in [0.15, 0.2) is 5.78 Å². The molecule has 0 aliphatic rings. The molecular weight excluding hydrogens is 206 g/mol. The van der Waals surface area contributed by atoms with Gasteiger partial charge in [0.2, 0.25) is 0 Å². The van der Waals surface area contributed by atoms with E-state index in [0.717, 1.165) is 5.56 Å². The summed E-state index contributed by atoms with van der Waals surface area (Å²) in [5, 5.41) is 2.84. The zero-order valence-electron chi connectivity index (χ0n) is 10.1. The molecule has 1 rings (SSSR count). The van der Waals surface area contributed by atoms with Gasteiger partial charge in [0.25, 0.3) is 0 Å². The summed E-state index contributed by atoms with van der Waals surface area (Å²) in [7, 11) is 4.87. The Hall–Kier alpha value is -1.55. The molecule has 4 nitrogen and oxygen atoms in total. The number of methoxy groups -OCH3 is 2. The van der Waals surface area contributed by atoms with Crippen LogP contribution in [0.15, 0.2) is 12.1 Å². The van der Waals surface area contributed by atoms with Gasteiger partial charge >= 0.3 is 0 Å². The van der Waals surface area contributed by atoms with E-state index in [4.69, 9.17) is 9.47 Å². The van der Waals surface area contributed by atoms with Crippen molar-refractivity contribution in [2.45, 2.75) is 6.92 Å². The van der Waals surface area contributed by atoms with E-state index in [1.54, 1.807) is 27.3 Å². The van der Waals surface area contributed by atoms with Crippen molar-refractivity contribution in [3.8, 4) is 11.5 Å². The van der Waals surface area contributed by atoms with Crippen molar-refractivity contribution in [1.82, 2.24) is 5.32 Å². The lowest BCUT2D eigenvalue weighted by atomic mass is 10.0. The first-order valence-electron chi connectivity index (χ1n) is 5.04. The van der Waals surface area contributed by atoms with Crippen LogP contribution >= 0.6 is 0 Å². The van der Waals surface area contributed by atoms with Crippen LogP contribution in [0.3, 0.4) is 0 Å². The zero-order chi connectivity index (χ0) is 12.1. The van der Waals surface area contributed by atoms with E-state index in [1.165, 1.54) is 0 Å². The minimum absolute atomic E-state index is 0.0134. The highest BCUT2D eigenvalue weighted by atomic mass is 16.5. The highest BCUT2D eigenvalue weighted by molar-refractivity contribution is 6.01. The third-order valence-electron chi connectivity index (χ3n) is 2.34. The summed E-state index contributed by atoms with van der Waals surface area (Å²) in [6.07, 6.45) is 0. The van der Waals surface area contributed by atoms with Crippen molar-refractivity contribution in [1.29, 1.82) is 0 Å². The van der Waals surface area contributed by atoms with Gasteiger partial charge in [-0.05, 0) is 25.6 Å². The van der Waals surface area contributed by atoms with Crippen molar-refractivity contribution in [3.63, 3.8) is 0 Å². The number of ether oxygens (including phenoxy) is 2. The van der Waals surface area contributed by atoms with Crippen LogP contribution in [-0.2, 0) is 0 Å². The number of carbonyl (C=O) groups is 1. The number of Topliss-reactive ketones (excluding diaryl/α,β-unsaturated/α-hetero) is 1. The Kier molecular flexibility index (Phi) is 4.31. The lowest BCUT2D eigenvalue weighted by Gasteiger charge is -2.12. The number of hydrogen-bond acceptors (Lipinski definition) is 4. The van der Waals surface area contributed by atoms with Gasteiger partial charge in [-0.3, -0.25) is 4.79 Å². The fourth-order valence-corrected chi connectivity index (χ4v) is 1.61. The van der Waals surface area contributed by atoms with Gasteiger partial charge in [0, 0.05) is 6.07 Å². The van der Waals surface area contributed by atoms with Crippen LogP contribution in [0.2, 0.25) is 0 Å². The van der Waals surface area contributed by atoms with Crippen LogP contribution in [-0.4, -0.2) is 33.6 Å². The quantitative estimate of drug-likeness (QED) is 0.767. The number of hydrogen-bond donors (Lipinski definition) is 1. The Balaban J connectivity index is 3.21. The van der Waals surface area contributed by atoms with E-state index < -0.39 is 0 Å². The fraction of sp³-hybridized carbons (Fsp3) is 0.417. The summed E-state index contributed by atoms with van der Waals surface area (Å²) < 4.78 is 10.3. The molecule has 1 aromatic rings. The minimum Gasteiger partial charge on any atom is -0.497 e.